The number of rotatable bonds is 6. The van der Waals surface area contributed by atoms with E-state index in [1.807, 2.05) is 6.92 Å². The van der Waals surface area contributed by atoms with E-state index < -0.39 is 0 Å². The van der Waals surface area contributed by atoms with Gasteiger partial charge in [0.15, 0.2) is 0 Å². The van der Waals surface area contributed by atoms with Gasteiger partial charge in [-0.2, -0.15) is 0 Å². The van der Waals surface area contributed by atoms with Gasteiger partial charge in [-0.15, -0.1) is 0 Å². The molecular weight excluding hydrogens is 385 g/mol. The summed E-state index contributed by atoms with van der Waals surface area (Å²) in [4.78, 5) is 39.3. The van der Waals surface area contributed by atoms with Crippen molar-refractivity contribution in [1.29, 1.82) is 0 Å². The standard InChI is InChI=1S/C23H26FN3O3/c1-2-13-25-22(29)19-5-3-4-6-20(19)26-21(28)16-11-14-27(15-12-16)23(30)17-7-9-18(24)10-8-17/h3-10,16H,2,11-15H2,1H3,(H,25,29)(H,26,28). The van der Waals surface area contributed by atoms with Crippen LogP contribution in [0.25, 0.3) is 0 Å². The largest absolute Gasteiger partial charge is 0.352 e. The molecule has 0 atom stereocenters. The molecule has 3 amide bonds. The van der Waals surface area contributed by atoms with Gasteiger partial charge in [0.25, 0.3) is 11.8 Å². The second kappa shape index (κ2) is 10.0. The van der Waals surface area contributed by atoms with Crippen molar-refractivity contribution in [3.63, 3.8) is 0 Å². The van der Waals surface area contributed by atoms with Crippen molar-refractivity contribution in [1.82, 2.24) is 10.2 Å². The minimum atomic E-state index is -0.384. The second-order valence-electron chi connectivity index (χ2n) is 7.36. The van der Waals surface area contributed by atoms with Crippen LogP contribution in [0, 0.1) is 11.7 Å². The molecule has 0 spiro atoms. The zero-order valence-electron chi connectivity index (χ0n) is 17.0. The van der Waals surface area contributed by atoms with E-state index in [2.05, 4.69) is 10.6 Å². The summed E-state index contributed by atoms with van der Waals surface area (Å²) in [5.74, 6) is -1.15. The van der Waals surface area contributed by atoms with Gasteiger partial charge in [-0.05, 0) is 55.7 Å². The highest BCUT2D eigenvalue weighted by molar-refractivity contribution is 6.04. The fourth-order valence-corrected chi connectivity index (χ4v) is 3.48. The molecule has 0 bridgehead atoms. The summed E-state index contributed by atoms with van der Waals surface area (Å²) >= 11 is 0. The zero-order valence-corrected chi connectivity index (χ0v) is 17.0. The average molecular weight is 411 g/mol. The predicted octanol–water partition coefficient (Wildman–Crippen LogP) is 3.46. The second-order valence-corrected chi connectivity index (χ2v) is 7.36. The topological polar surface area (TPSA) is 78.5 Å². The van der Waals surface area contributed by atoms with E-state index in [-0.39, 0.29) is 29.5 Å². The minimum absolute atomic E-state index is 0.153. The van der Waals surface area contributed by atoms with Gasteiger partial charge < -0.3 is 15.5 Å². The van der Waals surface area contributed by atoms with E-state index in [1.54, 1.807) is 29.2 Å². The lowest BCUT2D eigenvalue weighted by Gasteiger charge is -2.31. The van der Waals surface area contributed by atoms with Crippen LogP contribution in [0.4, 0.5) is 10.1 Å². The molecule has 0 radical (unpaired) electrons. The van der Waals surface area contributed by atoms with Crippen molar-refractivity contribution in [3.8, 4) is 0 Å². The SMILES string of the molecule is CCCNC(=O)c1ccccc1NC(=O)C1CCN(C(=O)c2ccc(F)cc2)CC1. The van der Waals surface area contributed by atoms with Crippen LogP contribution < -0.4 is 10.6 Å². The lowest BCUT2D eigenvalue weighted by atomic mass is 9.95. The molecule has 2 aromatic carbocycles. The summed E-state index contributed by atoms with van der Waals surface area (Å²) in [6.07, 6.45) is 1.89. The molecule has 0 aromatic heterocycles. The number of amides is 3. The number of nitrogens with zero attached hydrogens (tertiary/aromatic N) is 1. The Morgan fingerprint density at radius 1 is 1.03 bits per heavy atom. The first-order valence-corrected chi connectivity index (χ1v) is 10.2. The van der Waals surface area contributed by atoms with E-state index >= 15 is 0 Å². The van der Waals surface area contributed by atoms with Crippen molar-refractivity contribution >= 4 is 23.4 Å². The van der Waals surface area contributed by atoms with Gasteiger partial charge >= 0.3 is 0 Å². The van der Waals surface area contributed by atoms with Crippen LogP contribution in [0.3, 0.4) is 0 Å². The Morgan fingerprint density at radius 2 is 1.70 bits per heavy atom. The number of hydrogen-bond acceptors (Lipinski definition) is 3. The minimum Gasteiger partial charge on any atom is -0.352 e. The van der Waals surface area contributed by atoms with Gasteiger partial charge in [0.2, 0.25) is 5.91 Å². The summed E-state index contributed by atoms with van der Waals surface area (Å²) in [5, 5.41) is 5.70. The number of carbonyl (C=O) groups excluding carboxylic acids is 3. The Labute approximate surface area is 175 Å². The first kappa shape index (κ1) is 21.5. The van der Waals surface area contributed by atoms with Crippen LogP contribution in [-0.2, 0) is 4.79 Å². The quantitative estimate of drug-likeness (QED) is 0.764. The van der Waals surface area contributed by atoms with Crippen molar-refractivity contribution in [2.45, 2.75) is 26.2 Å². The molecule has 30 heavy (non-hydrogen) atoms. The molecule has 1 saturated heterocycles. The van der Waals surface area contributed by atoms with Gasteiger partial charge in [-0.1, -0.05) is 19.1 Å². The number of likely N-dealkylation sites (tertiary alicyclic amines) is 1. The van der Waals surface area contributed by atoms with E-state index in [1.165, 1.54) is 24.3 Å². The molecule has 0 unspecified atom stereocenters. The molecule has 0 aliphatic carbocycles. The number of benzene rings is 2. The highest BCUT2D eigenvalue weighted by atomic mass is 19.1. The molecule has 0 saturated carbocycles. The summed E-state index contributed by atoms with van der Waals surface area (Å²) in [7, 11) is 0. The van der Waals surface area contributed by atoms with Crippen molar-refractivity contribution < 1.29 is 18.8 Å². The number of halogens is 1. The molecule has 1 aliphatic heterocycles. The normalized spacial score (nSPS) is 14.3. The predicted molar refractivity (Wildman–Crippen MR) is 113 cm³/mol. The number of para-hydroxylation sites is 1. The third kappa shape index (κ3) is 5.23. The molecule has 2 N–H and O–H groups in total. The summed E-state index contributed by atoms with van der Waals surface area (Å²) in [6, 6.07) is 12.4. The molecule has 3 rings (SSSR count). The molecule has 1 aliphatic rings. The van der Waals surface area contributed by atoms with Gasteiger partial charge in [-0.25, -0.2) is 4.39 Å². The van der Waals surface area contributed by atoms with Crippen LogP contribution >= 0.6 is 0 Å². The third-order valence-corrected chi connectivity index (χ3v) is 5.21. The number of carbonyl (C=O) groups is 3. The van der Waals surface area contributed by atoms with Gasteiger partial charge in [-0.3, -0.25) is 14.4 Å². The molecule has 6 nitrogen and oxygen atoms in total. The summed E-state index contributed by atoms with van der Waals surface area (Å²) < 4.78 is 13.1. The van der Waals surface area contributed by atoms with Crippen LogP contribution in [0.2, 0.25) is 0 Å². The van der Waals surface area contributed by atoms with Crippen molar-refractivity contribution in [2.75, 3.05) is 25.0 Å². The van der Waals surface area contributed by atoms with Gasteiger partial charge in [0, 0.05) is 31.1 Å². The first-order chi connectivity index (χ1) is 14.5. The highest BCUT2D eigenvalue weighted by Gasteiger charge is 2.28. The Balaban J connectivity index is 1.58. The zero-order chi connectivity index (χ0) is 21.5. The Morgan fingerprint density at radius 3 is 2.37 bits per heavy atom. The smallest absolute Gasteiger partial charge is 0.253 e. The van der Waals surface area contributed by atoms with Gasteiger partial charge in [0.1, 0.15) is 5.82 Å². The number of hydrogen-bond donors (Lipinski definition) is 2. The Kier molecular flexibility index (Phi) is 7.17. The maximum atomic E-state index is 13.1. The van der Waals surface area contributed by atoms with Crippen LogP contribution in [0.15, 0.2) is 48.5 Å². The average Bonchev–Trinajstić information content (AvgIpc) is 2.78. The highest BCUT2D eigenvalue weighted by Crippen LogP contribution is 2.22. The fraction of sp³-hybridized carbons (Fsp3) is 0.348. The monoisotopic (exact) mass is 411 g/mol. The molecule has 7 heteroatoms. The molecule has 2 aromatic rings. The van der Waals surface area contributed by atoms with E-state index in [4.69, 9.17) is 0 Å². The van der Waals surface area contributed by atoms with Crippen molar-refractivity contribution in [2.24, 2.45) is 5.92 Å². The van der Waals surface area contributed by atoms with Crippen LogP contribution in [0.5, 0.6) is 0 Å². The number of nitrogens with one attached hydrogen (secondary N) is 2. The third-order valence-electron chi connectivity index (χ3n) is 5.21. The maximum absolute atomic E-state index is 13.1. The molecule has 1 fully saturated rings. The summed E-state index contributed by atoms with van der Waals surface area (Å²) in [5.41, 5.74) is 1.36. The van der Waals surface area contributed by atoms with Crippen LogP contribution in [-0.4, -0.2) is 42.3 Å². The maximum Gasteiger partial charge on any atom is 0.253 e. The molecular formula is C23H26FN3O3. The fourth-order valence-electron chi connectivity index (χ4n) is 3.48. The lowest BCUT2D eigenvalue weighted by Crippen LogP contribution is -2.41. The van der Waals surface area contributed by atoms with Crippen LogP contribution in [0.1, 0.15) is 46.9 Å². The number of anilines is 1. The molecule has 1 heterocycles. The Bertz CT molecular complexity index is 906. The lowest BCUT2D eigenvalue weighted by molar-refractivity contribution is -0.121. The van der Waals surface area contributed by atoms with E-state index in [0.29, 0.717) is 49.3 Å². The summed E-state index contributed by atoms with van der Waals surface area (Å²) in [6.45, 7) is 3.45. The van der Waals surface area contributed by atoms with Crippen molar-refractivity contribution in [3.05, 3.63) is 65.5 Å². The first-order valence-electron chi connectivity index (χ1n) is 10.2. The van der Waals surface area contributed by atoms with Gasteiger partial charge in [0.05, 0.1) is 11.3 Å². The van der Waals surface area contributed by atoms with E-state index in [0.717, 1.165) is 6.42 Å². The molecule has 158 valence electrons. The Hall–Kier alpha value is -3.22. The number of piperidine rings is 1. The van der Waals surface area contributed by atoms with E-state index in [9.17, 15) is 18.8 Å².